The van der Waals surface area contributed by atoms with Crippen LogP contribution in [0.4, 0.5) is 13.2 Å². The smallest absolute Gasteiger partial charge is 0.229 e. The molecule has 0 aromatic heterocycles. The number of nitrogens with two attached hydrogens (primary N) is 1. The van der Waals surface area contributed by atoms with Crippen molar-refractivity contribution in [3.8, 4) is 0 Å². The number of rotatable bonds is 4. The fourth-order valence-corrected chi connectivity index (χ4v) is 1.15. The van der Waals surface area contributed by atoms with Gasteiger partial charge in [0.15, 0.2) is 11.6 Å². The van der Waals surface area contributed by atoms with Crippen molar-refractivity contribution in [2.45, 2.75) is 13.0 Å². The van der Waals surface area contributed by atoms with Crippen molar-refractivity contribution < 1.29 is 22.8 Å². The number of halogens is 3. The van der Waals surface area contributed by atoms with Gasteiger partial charge < -0.3 is 11.1 Å². The lowest BCUT2D eigenvalue weighted by molar-refractivity contribution is -0.127. The fraction of sp³-hybridized carbons (Fsp3) is 0.200. The standard InChI is InChI=1S/C10H9F3N2O2/c11-6-1-5(10(13)7(12)2-6)4-15-9(17)3-8(14)16/h1-2H,3-4H2,(H2,14,16)(H,15,17). The maximum absolute atomic E-state index is 13.1. The number of primary amides is 1. The van der Waals surface area contributed by atoms with Gasteiger partial charge in [0, 0.05) is 18.2 Å². The predicted octanol–water partition coefficient (Wildman–Crippen LogP) is 0.596. The monoisotopic (exact) mass is 246 g/mol. The van der Waals surface area contributed by atoms with Gasteiger partial charge in [0.1, 0.15) is 12.2 Å². The quantitative estimate of drug-likeness (QED) is 0.603. The first-order valence-corrected chi connectivity index (χ1v) is 4.58. The molecule has 4 nitrogen and oxygen atoms in total. The van der Waals surface area contributed by atoms with Crippen molar-refractivity contribution in [3.63, 3.8) is 0 Å². The summed E-state index contributed by atoms with van der Waals surface area (Å²) in [5.74, 6) is -5.15. The van der Waals surface area contributed by atoms with Gasteiger partial charge in [0.05, 0.1) is 0 Å². The second kappa shape index (κ2) is 5.33. The van der Waals surface area contributed by atoms with E-state index in [1.807, 2.05) is 0 Å². The molecule has 1 aromatic carbocycles. The molecule has 2 amide bonds. The average Bonchev–Trinajstić information content (AvgIpc) is 2.20. The van der Waals surface area contributed by atoms with Gasteiger partial charge in [-0.3, -0.25) is 9.59 Å². The summed E-state index contributed by atoms with van der Waals surface area (Å²) in [6, 6.07) is 1.15. The SMILES string of the molecule is NC(=O)CC(=O)NCc1cc(F)cc(F)c1F. The van der Waals surface area contributed by atoms with Crippen LogP contribution >= 0.6 is 0 Å². The second-order valence-corrected chi connectivity index (χ2v) is 3.28. The van der Waals surface area contributed by atoms with E-state index in [2.05, 4.69) is 5.32 Å². The number of nitrogens with one attached hydrogen (secondary N) is 1. The van der Waals surface area contributed by atoms with Crippen molar-refractivity contribution >= 4 is 11.8 Å². The molecular weight excluding hydrogens is 237 g/mol. The van der Waals surface area contributed by atoms with Crippen LogP contribution < -0.4 is 11.1 Å². The highest BCUT2D eigenvalue weighted by atomic mass is 19.2. The zero-order chi connectivity index (χ0) is 13.0. The van der Waals surface area contributed by atoms with Gasteiger partial charge in [0.25, 0.3) is 0 Å². The molecule has 0 atom stereocenters. The third-order valence-corrected chi connectivity index (χ3v) is 1.88. The second-order valence-electron chi connectivity index (χ2n) is 3.28. The minimum atomic E-state index is -1.34. The molecule has 0 spiro atoms. The van der Waals surface area contributed by atoms with Crippen LogP contribution in [0.15, 0.2) is 12.1 Å². The molecule has 3 N–H and O–H groups in total. The summed E-state index contributed by atoms with van der Waals surface area (Å²) in [5, 5.41) is 2.11. The Balaban J connectivity index is 2.69. The van der Waals surface area contributed by atoms with Crippen LogP contribution in [0.5, 0.6) is 0 Å². The lowest BCUT2D eigenvalue weighted by atomic mass is 10.2. The van der Waals surface area contributed by atoms with Crippen LogP contribution in [0.3, 0.4) is 0 Å². The molecule has 0 aliphatic heterocycles. The van der Waals surface area contributed by atoms with Gasteiger partial charge in [-0.15, -0.1) is 0 Å². The number of carbonyl (C=O) groups excluding carboxylic acids is 2. The average molecular weight is 246 g/mol. The minimum absolute atomic E-state index is 0.347. The fourth-order valence-electron chi connectivity index (χ4n) is 1.15. The van der Waals surface area contributed by atoms with Gasteiger partial charge in [-0.2, -0.15) is 0 Å². The summed E-state index contributed by atoms with van der Waals surface area (Å²) in [4.78, 5) is 21.3. The van der Waals surface area contributed by atoms with Crippen LogP contribution in [0, 0.1) is 17.5 Å². The van der Waals surface area contributed by atoms with E-state index in [4.69, 9.17) is 5.73 Å². The molecule has 0 bridgehead atoms. The maximum atomic E-state index is 13.1. The number of benzene rings is 1. The molecule has 0 saturated carbocycles. The third kappa shape index (κ3) is 3.78. The summed E-state index contributed by atoms with van der Waals surface area (Å²) in [5.41, 5.74) is 4.40. The molecule has 92 valence electrons. The molecule has 0 saturated heterocycles. The summed E-state index contributed by atoms with van der Waals surface area (Å²) in [7, 11) is 0. The Kier molecular flexibility index (Phi) is 4.08. The molecule has 0 fully saturated rings. The molecule has 17 heavy (non-hydrogen) atoms. The minimum Gasteiger partial charge on any atom is -0.369 e. The van der Waals surface area contributed by atoms with Gasteiger partial charge >= 0.3 is 0 Å². The molecule has 0 heterocycles. The van der Waals surface area contributed by atoms with Crippen molar-refractivity contribution in [2.24, 2.45) is 5.73 Å². The first-order chi connectivity index (χ1) is 7.90. The number of hydrogen-bond donors (Lipinski definition) is 2. The zero-order valence-corrected chi connectivity index (χ0v) is 8.60. The van der Waals surface area contributed by atoms with Gasteiger partial charge in [-0.05, 0) is 6.07 Å². The van der Waals surface area contributed by atoms with E-state index in [0.29, 0.717) is 6.07 Å². The van der Waals surface area contributed by atoms with Crippen LogP contribution in [0.1, 0.15) is 12.0 Å². The van der Waals surface area contributed by atoms with Crippen LogP contribution in [0.2, 0.25) is 0 Å². The van der Waals surface area contributed by atoms with E-state index in [9.17, 15) is 22.8 Å². The van der Waals surface area contributed by atoms with E-state index in [0.717, 1.165) is 6.07 Å². The largest absolute Gasteiger partial charge is 0.369 e. The lowest BCUT2D eigenvalue weighted by Gasteiger charge is -2.06. The summed E-state index contributed by atoms with van der Waals surface area (Å²) < 4.78 is 38.6. The van der Waals surface area contributed by atoms with E-state index in [1.165, 1.54) is 0 Å². The lowest BCUT2D eigenvalue weighted by Crippen LogP contribution is -2.28. The maximum Gasteiger partial charge on any atom is 0.229 e. The van der Waals surface area contributed by atoms with Crippen LogP contribution in [-0.2, 0) is 16.1 Å². The van der Waals surface area contributed by atoms with Crippen molar-refractivity contribution in [3.05, 3.63) is 35.1 Å². The van der Waals surface area contributed by atoms with E-state index in [1.54, 1.807) is 0 Å². The summed E-state index contributed by atoms with van der Waals surface area (Å²) in [6.07, 6.45) is -0.570. The molecule has 1 aromatic rings. The first-order valence-electron chi connectivity index (χ1n) is 4.58. The Bertz CT molecular complexity index is 463. The van der Waals surface area contributed by atoms with Crippen molar-refractivity contribution in [1.82, 2.24) is 5.32 Å². The molecule has 0 radical (unpaired) electrons. The number of carbonyl (C=O) groups is 2. The Morgan fingerprint density at radius 2 is 1.88 bits per heavy atom. The molecule has 0 aliphatic carbocycles. The Hall–Kier alpha value is -2.05. The van der Waals surface area contributed by atoms with E-state index >= 15 is 0 Å². The number of hydrogen-bond acceptors (Lipinski definition) is 2. The molecule has 0 unspecified atom stereocenters. The van der Waals surface area contributed by atoms with E-state index < -0.39 is 42.2 Å². The molecule has 7 heteroatoms. The van der Waals surface area contributed by atoms with Gasteiger partial charge in [-0.25, -0.2) is 13.2 Å². The Labute approximate surface area is 94.6 Å². The predicted molar refractivity (Wildman–Crippen MR) is 52.0 cm³/mol. The highest BCUT2D eigenvalue weighted by Gasteiger charge is 2.12. The van der Waals surface area contributed by atoms with Crippen LogP contribution in [0.25, 0.3) is 0 Å². The Morgan fingerprint density at radius 1 is 1.24 bits per heavy atom. The van der Waals surface area contributed by atoms with Crippen LogP contribution in [-0.4, -0.2) is 11.8 Å². The zero-order valence-electron chi connectivity index (χ0n) is 8.60. The molecular formula is C10H9F3N2O2. The first kappa shape index (κ1) is 13.0. The number of amides is 2. The van der Waals surface area contributed by atoms with Gasteiger partial charge in [-0.1, -0.05) is 0 Å². The third-order valence-electron chi connectivity index (χ3n) is 1.88. The topological polar surface area (TPSA) is 72.2 Å². The molecule has 0 aliphatic rings. The highest BCUT2D eigenvalue weighted by Crippen LogP contribution is 2.13. The highest BCUT2D eigenvalue weighted by molar-refractivity contribution is 5.95. The molecule has 1 rings (SSSR count). The summed E-state index contributed by atoms with van der Waals surface area (Å²) >= 11 is 0. The van der Waals surface area contributed by atoms with E-state index in [-0.39, 0.29) is 5.56 Å². The Morgan fingerprint density at radius 3 is 2.47 bits per heavy atom. The summed E-state index contributed by atoms with van der Waals surface area (Å²) in [6.45, 7) is -0.424. The van der Waals surface area contributed by atoms with Crippen molar-refractivity contribution in [2.75, 3.05) is 0 Å². The van der Waals surface area contributed by atoms with Gasteiger partial charge in [0.2, 0.25) is 11.8 Å². The normalized spacial score (nSPS) is 10.1. The van der Waals surface area contributed by atoms with Crippen molar-refractivity contribution in [1.29, 1.82) is 0 Å².